The molecule has 1 rings (SSSR count). The van der Waals surface area contributed by atoms with Gasteiger partial charge in [0.05, 0.1) is 11.1 Å². The molecule has 0 fully saturated rings. The monoisotopic (exact) mass is 295 g/mol. The maximum atomic E-state index is 11.8. The first-order valence-corrected chi connectivity index (χ1v) is 7.60. The van der Waals surface area contributed by atoms with E-state index in [0.717, 1.165) is 22.2 Å². The fourth-order valence-corrected chi connectivity index (χ4v) is 2.25. The molecule has 1 aromatic rings. The minimum Gasteiger partial charge on any atom is -0.200 e. The van der Waals surface area contributed by atoms with E-state index in [1.165, 1.54) is 18.3 Å². The number of hydrogen-bond acceptors (Lipinski definition) is 5. The summed E-state index contributed by atoms with van der Waals surface area (Å²) in [7, 11) is -3.64. The van der Waals surface area contributed by atoms with Crippen molar-refractivity contribution in [3.63, 3.8) is 0 Å². The zero-order chi connectivity index (χ0) is 14.3. The van der Waals surface area contributed by atoms with E-state index < -0.39 is 10.0 Å². The first-order valence-electron chi connectivity index (χ1n) is 5.30. The summed E-state index contributed by atoms with van der Waals surface area (Å²) in [5.74, 6) is 0. The summed E-state index contributed by atoms with van der Waals surface area (Å²) in [5.41, 5.74) is 0.724. The van der Waals surface area contributed by atoms with Crippen molar-refractivity contribution >= 4 is 28.0 Å². The Morgan fingerprint density at radius 2 is 2.00 bits per heavy atom. The van der Waals surface area contributed by atoms with Crippen LogP contribution >= 0.6 is 11.8 Å². The smallest absolute Gasteiger partial charge is 0.200 e. The highest BCUT2D eigenvalue weighted by Crippen LogP contribution is 2.16. The van der Waals surface area contributed by atoms with E-state index in [2.05, 4.69) is 9.93 Å². The predicted octanol–water partition coefficient (Wildman–Crippen LogP) is 2.46. The molecule has 7 heteroatoms. The molecule has 0 atom stereocenters. The number of hydrazone groups is 1. The van der Waals surface area contributed by atoms with Gasteiger partial charge in [0.2, 0.25) is 0 Å². The largest absolute Gasteiger partial charge is 0.276 e. The lowest BCUT2D eigenvalue weighted by Crippen LogP contribution is -2.18. The van der Waals surface area contributed by atoms with Gasteiger partial charge in [-0.1, -0.05) is 18.2 Å². The summed E-state index contributed by atoms with van der Waals surface area (Å²) < 4.78 is 23.6. The fraction of sp³-hybridized carbons (Fsp3) is 0.167. The van der Waals surface area contributed by atoms with E-state index in [9.17, 15) is 8.42 Å². The first-order chi connectivity index (χ1) is 8.97. The van der Waals surface area contributed by atoms with Gasteiger partial charge in [0.25, 0.3) is 10.0 Å². The number of nitrogens with zero attached hydrogens (tertiary/aromatic N) is 2. The Bertz CT molecular complexity index is 629. The van der Waals surface area contributed by atoms with Crippen molar-refractivity contribution in [1.29, 1.82) is 5.26 Å². The van der Waals surface area contributed by atoms with Crippen molar-refractivity contribution < 1.29 is 8.42 Å². The number of nitriles is 1. The van der Waals surface area contributed by atoms with Gasteiger partial charge in [-0.15, -0.1) is 0 Å². The molecular weight excluding hydrogens is 282 g/mol. The lowest BCUT2D eigenvalue weighted by atomic mass is 10.3. The average molecular weight is 295 g/mol. The SMILES string of the molecule is CC(/C=N/NS(=O)(=O)c1ccccc1)=C(\C)SC#N. The molecule has 0 aliphatic rings. The molecule has 0 aromatic heterocycles. The van der Waals surface area contributed by atoms with Gasteiger partial charge in [-0.2, -0.15) is 18.8 Å². The highest BCUT2D eigenvalue weighted by molar-refractivity contribution is 8.07. The van der Waals surface area contributed by atoms with Crippen LogP contribution in [0.1, 0.15) is 13.8 Å². The molecule has 0 aliphatic heterocycles. The van der Waals surface area contributed by atoms with Gasteiger partial charge < -0.3 is 0 Å². The van der Waals surface area contributed by atoms with E-state index in [4.69, 9.17) is 5.26 Å². The molecule has 0 saturated carbocycles. The Labute approximate surface area is 117 Å². The van der Waals surface area contributed by atoms with Crippen molar-refractivity contribution in [2.24, 2.45) is 5.10 Å². The van der Waals surface area contributed by atoms with Crippen LogP contribution in [0.15, 0.2) is 50.8 Å². The van der Waals surface area contributed by atoms with Crippen LogP contribution < -0.4 is 4.83 Å². The second-order valence-corrected chi connectivity index (χ2v) is 6.26. The van der Waals surface area contributed by atoms with Crippen LogP contribution in [-0.2, 0) is 10.0 Å². The summed E-state index contributed by atoms with van der Waals surface area (Å²) in [6.07, 6.45) is 1.38. The third-order valence-electron chi connectivity index (χ3n) is 2.24. The number of hydrogen-bond donors (Lipinski definition) is 1. The zero-order valence-electron chi connectivity index (χ0n) is 10.5. The summed E-state index contributed by atoms with van der Waals surface area (Å²) in [5, 5.41) is 14.1. The number of rotatable bonds is 5. The van der Waals surface area contributed by atoms with Crippen LogP contribution in [0.25, 0.3) is 0 Å². The molecule has 0 saturated heterocycles. The minimum absolute atomic E-state index is 0.150. The van der Waals surface area contributed by atoms with Gasteiger partial charge in [0.15, 0.2) is 0 Å². The molecule has 0 heterocycles. The Balaban J connectivity index is 2.78. The molecule has 0 bridgehead atoms. The maximum absolute atomic E-state index is 11.8. The number of thioether (sulfide) groups is 1. The third-order valence-corrected chi connectivity index (χ3v) is 4.20. The Morgan fingerprint density at radius 3 is 2.58 bits per heavy atom. The van der Waals surface area contributed by atoms with Crippen LogP contribution in [0.4, 0.5) is 0 Å². The Kier molecular flexibility index (Phi) is 5.60. The van der Waals surface area contributed by atoms with Crippen molar-refractivity contribution in [3.8, 4) is 5.40 Å². The van der Waals surface area contributed by atoms with E-state index in [1.807, 2.05) is 5.40 Å². The molecule has 0 spiro atoms. The first kappa shape index (κ1) is 15.3. The Hall–Kier alpha value is -1.78. The molecule has 0 radical (unpaired) electrons. The van der Waals surface area contributed by atoms with E-state index >= 15 is 0 Å². The van der Waals surface area contributed by atoms with Crippen molar-refractivity contribution in [2.45, 2.75) is 18.7 Å². The quantitative estimate of drug-likeness (QED) is 0.514. The molecule has 5 nitrogen and oxygen atoms in total. The van der Waals surface area contributed by atoms with E-state index in [0.29, 0.717) is 0 Å². The second-order valence-electron chi connectivity index (χ2n) is 3.60. The summed E-state index contributed by atoms with van der Waals surface area (Å²) >= 11 is 1.01. The third kappa shape index (κ3) is 4.77. The topological polar surface area (TPSA) is 82.3 Å². The van der Waals surface area contributed by atoms with Crippen LogP contribution in [0.3, 0.4) is 0 Å². The number of allylic oxidation sites excluding steroid dienone is 2. The maximum Gasteiger partial charge on any atom is 0.276 e. The lowest BCUT2D eigenvalue weighted by Gasteiger charge is -2.02. The lowest BCUT2D eigenvalue weighted by molar-refractivity contribution is 0.584. The number of nitrogens with one attached hydrogen (secondary N) is 1. The zero-order valence-corrected chi connectivity index (χ0v) is 12.1. The van der Waals surface area contributed by atoms with Gasteiger partial charge in [-0.05, 0) is 43.3 Å². The number of benzene rings is 1. The summed E-state index contributed by atoms with van der Waals surface area (Å²) in [6, 6.07) is 7.97. The average Bonchev–Trinajstić information content (AvgIpc) is 2.39. The summed E-state index contributed by atoms with van der Waals surface area (Å²) in [6.45, 7) is 3.51. The van der Waals surface area contributed by atoms with Crippen LogP contribution in [-0.4, -0.2) is 14.6 Å². The number of thiocyanates is 1. The van der Waals surface area contributed by atoms with E-state index in [-0.39, 0.29) is 4.90 Å². The molecule has 100 valence electrons. The summed E-state index contributed by atoms with van der Waals surface area (Å²) in [4.78, 5) is 3.04. The van der Waals surface area contributed by atoms with Crippen LogP contribution in [0.2, 0.25) is 0 Å². The second kappa shape index (κ2) is 6.97. The number of sulfonamides is 1. The van der Waals surface area contributed by atoms with Gasteiger partial charge in [0, 0.05) is 4.91 Å². The van der Waals surface area contributed by atoms with Gasteiger partial charge in [-0.25, -0.2) is 4.83 Å². The van der Waals surface area contributed by atoms with Crippen molar-refractivity contribution in [3.05, 3.63) is 40.8 Å². The van der Waals surface area contributed by atoms with Gasteiger partial charge in [0.1, 0.15) is 5.40 Å². The molecule has 19 heavy (non-hydrogen) atoms. The predicted molar refractivity (Wildman–Crippen MR) is 76.8 cm³/mol. The highest BCUT2D eigenvalue weighted by atomic mass is 32.2. The molecule has 0 amide bonds. The molecule has 0 aliphatic carbocycles. The van der Waals surface area contributed by atoms with E-state index in [1.54, 1.807) is 32.0 Å². The fourth-order valence-electron chi connectivity index (χ4n) is 1.08. The highest BCUT2D eigenvalue weighted by Gasteiger charge is 2.10. The molecular formula is C12H13N3O2S2. The molecule has 1 aromatic carbocycles. The van der Waals surface area contributed by atoms with Crippen molar-refractivity contribution in [1.82, 2.24) is 4.83 Å². The van der Waals surface area contributed by atoms with Crippen LogP contribution in [0.5, 0.6) is 0 Å². The van der Waals surface area contributed by atoms with Crippen molar-refractivity contribution in [2.75, 3.05) is 0 Å². The minimum atomic E-state index is -3.64. The molecule has 0 unspecified atom stereocenters. The van der Waals surface area contributed by atoms with Gasteiger partial charge >= 0.3 is 0 Å². The standard InChI is InChI=1S/C12H13N3O2S2/c1-10(11(2)18-9-13)8-14-15-19(16,17)12-6-4-3-5-7-12/h3-8,15H,1-2H3/b11-10-,14-8+. The Morgan fingerprint density at radius 1 is 1.37 bits per heavy atom. The normalized spacial score (nSPS) is 12.9. The van der Waals surface area contributed by atoms with Crippen LogP contribution in [0, 0.1) is 10.7 Å². The molecule has 1 N–H and O–H groups in total. The van der Waals surface area contributed by atoms with Gasteiger partial charge in [-0.3, -0.25) is 0 Å².